The molecule has 1 aliphatic rings. The average molecular weight is 302 g/mol. The summed E-state index contributed by atoms with van der Waals surface area (Å²) in [4.78, 5) is 22.2. The molecule has 1 saturated heterocycles. The summed E-state index contributed by atoms with van der Waals surface area (Å²) in [5, 5.41) is 16.4. The molecule has 0 aliphatic carbocycles. The van der Waals surface area contributed by atoms with Gasteiger partial charge < -0.3 is 15.4 Å². The zero-order chi connectivity index (χ0) is 13.8. The molecule has 2 N–H and O–H groups in total. The van der Waals surface area contributed by atoms with Crippen LogP contribution in [-0.4, -0.2) is 36.6 Å². The predicted molar refractivity (Wildman–Crippen MR) is 76.3 cm³/mol. The lowest BCUT2D eigenvalue weighted by molar-refractivity contribution is -0.384. The third-order valence-electron chi connectivity index (χ3n) is 2.91. The summed E-state index contributed by atoms with van der Waals surface area (Å²) >= 11 is 0. The number of nitro groups is 1. The predicted octanol–water partition coefficient (Wildman–Crippen LogP) is 1.25. The Labute approximate surface area is 122 Å². The molecule has 1 amide bonds. The van der Waals surface area contributed by atoms with E-state index in [-0.39, 0.29) is 24.0 Å². The summed E-state index contributed by atoms with van der Waals surface area (Å²) in [5.41, 5.74) is 1.15. The lowest BCUT2D eigenvalue weighted by Crippen LogP contribution is -2.45. The van der Waals surface area contributed by atoms with Gasteiger partial charge in [0.05, 0.1) is 17.2 Å². The fraction of sp³-hybridized carbons (Fsp3) is 0.417. The van der Waals surface area contributed by atoms with E-state index in [9.17, 15) is 14.9 Å². The second kappa shape index (κ2) is 7.18. The molecular weight excluding hydrogens is 286 g/mol. The fourth-order valence-corrected chi connectivity index (χ4v) is 1.81. The summed E-state index contributed by atoms with van der Waals surface area (Å²) in [6.07, 6.45) is -0.563. The zero-order valence-electron chi connectivity index (χ0n) is 10.9. The van der Waals surface area contributed by atoms with Gasteiger partial charge in [0.15, 0.2) is 0 Å². The third kappa shape index (κ3) is 3.89. The van der Waals surface area contributed by atoms with Crippen molar-refractivity contribution in [2.75, 3.05) is 25.0 Å². The molecule has 0 spiro atoms. The van der Waals surface area contributed by atoms with E-state index in [1.165, 1.54) is 12.1 Å². The van der Waals surface area contributed by atoms with Crippen LogP contribution in [0.15, 0.2) is 18.2 Å². The van der Waals surface area contributed by atoms with Gasteiger partial charge in [-0.2, -0.15) is 0 Å². The van der Waals surface area contributed by atoms with Gasteiger partial charge in [-0.25, -0.2) is 0 Å². The molecule has 0 radical (unpaired) electrons. The minimum Gasteiger partial charge on any atom is -0.366 e. The molecule has 20 heavy (non-hydrogen) atoms. The maximum atomic E-state index is 12.0. The molecule has 7 nitrogen and oxygen atoms in total. The van der Waals surface area contributed by atoms with Crippen molar-refractivity contribution >= 4 is 29.7 Å². The smallest absolute Gasteiger partial charge is 0.271 e. The monoisotopic (exact) mass is 301 g/mol. The standard InChI is InChI=1S/C12H15N3O4.ClH/c1-8-2-3-9(15(17)18)6-10(8)14-12(16)11-7-13-4-5-19-11;/h2-3,6,11,13H,4-5,7H2,1H3,(H,14,16);1H. The van der Waals surface area contributed by atoms with Crippen molar-refractivity contribution in [2.45, 2.75) is 13.0 Å². The van der Waals surface area contributed by atoms with Crippen LogP contribution in [0.4, 0.5) is 11.4 Å². The summed E-state index contributed by atoms with van der Waals surface area (Å²) < 4.78 is 5.32. The van der Waals surface area contributed by atoms with Crippen molar-refractivity contribution in [2.24, 2.45) is 0 Å². The first-order valence-electron chi connectivity index (χ1n) is 5.96. The second-order valence-corrected chi connectivity index (χ2v) is 4.31. The van der Waals surface area contributed by atoms with Gasteiger partial charge in [-0.05, 0) is 12.5 Å². The molecule has 1 heterocycles. The Balaban J connectivity index is 0.00000200. The number of carbonyl (C=O) groups excluding carboxylic acids is 1. The lowest BCUT2D eigenvalue weighted by atomic mass is 10.1. The van der Waals surface area contributed by atoms with Crippen molar-refractivity contribution in [3.8, 4) is 0 Å². The zero-order valence-corrected chi connectivity index (χ0v) is 11.7. The first-order valence-corrected chi connectivity index (χ1v) is 5.96. The van der Waals surface area contributed by atoms with E-state index in [0.29, 0.717) is 18.8 Å². The van der Waals surface area contributed by atoms with E-state index in [4.69, 9.17) is 4.74 Å². The van der Waals surface area contributed by atoms with Crippen LogP contribution in [0.1, 0.15) is 5.56 Å². The first kappa shape index (κ1) is 16.4. The van der Waals surface area contributed by atoms with Gasteiger partial charge in [0.2, 0.25) is 0 Å². The molecule has 1 aromatic carbocycles. The highest BCUT2D eigenvalue weighted by atomic mass is 35.5. The van der Waals surface area contributed by atoms with Crippen LogP contribution in [0.5, 0.6) is 0 Å². The Kier molecular flexibility index (Phi) is 5.87. The molecule has 1 atom stereocenters. The van der Waals surface area contributed by atoms with Crippen molar-refractivity contribution in [1.82, 2.24) is 5.32 Å². The van der Waals surface area contributed by atoms with E-state index in [2.05, 4.69) is 10.6 Å². The van der Waals surface area contributed by atoms with Crippen molar-refractivity contribution in [3.05, 3.63) is 33.9 Å². The van der Waals surface area contributed by atoms with Gasteiger partial charge >= 0.3 is 0 Å². The number of hydrogen-bond acceptors (Lipinski definition) is 5. The molecular formula is C12H16ClN3O4. The number of hydrogen-bond donors (Lipinski definition) is 2. The molecule has 110 valence electrons. The number of benzene rings is 1. The largest absolute Gasteiger partial charge is 0.366 e. The van der Waals surface area contributed by atoms with E-state index in [0.717, 1.165) is 12.1 Å². The third-order valence-corrected chi connectivity index (χ3v) is 2.91. The van der Waals surface area contributed by atoms with Gasteiger partial charge in [0.1, 0.15) is 6.10 Å². The molecule has 1 aromatic rings. The number of non-ortho nitro benzene ring substituents is 1. The average Bonchev–Trinajstić information content (AvgIpc) is 2.42. The molecule has 1 aliphatic heterocycles. The number of nitro benzene ring substituents is 1. The number of nitrogens with one attached hydrogen (secondary N) is 2. The number of ether oxygens (including phenoxy) is 1. The molecule has 1 unspecified atom stereocenters. The van der Waals surface area contributed by atoms with Gasteiger partial charge in [0.25, 0.3) is 11.6 Å². The van der Waals surface area contributed by atoms with Crippen LogP contribution in [0, 0.1) is 17.0 Å². The number of nitrogens with zero attached hydrogens (tertiary/aromatic N) is 1. The number of amides is 1. The minimum absolute atomic E-state index is 0. The van der Waals surface area contributed by atoms with Crippen molar-refractivity contribution in [1.29, 1.82) is 0 Å². The minimum atomic E-state index is -0.563. The summed E-state index contributed by atoms with van der Waals surface area (Å²) in [6.45, 7) is 3.42. The van der Waals surface area contributed by atoms with Crippen LogP contribution in [0.2, 0.25) is 0 Å². The van der Waals surface area contributed by atoms with Gasteiger partial charge in [-0.1, -0.05) is 6.07 Å². The molecule has 1 fully saturated rings. The maximum absolute atomic E-state index is 12.0. The van der Waals surface area contributed by atoms with Gasteiger partial charge in [-0.15, -0.1) is 12.4 Å². The lowest BCUT2D eigenvalue weighted by Gasteiger charge is -2.23. The highest BCUT2D eigenvalue weighted by molar-refractivity contribution is 5.95. The molecule has 8 heteroatoms. The van der Waals surface area contributed by atoms with Crippen molar-refractivity contribution < 1.29 is 14.5 Å². The summed E-state index contributed by atoms with van der Waals surface area (Å²) in [5.74, 6) is -0.296. The molecule has 0 bridgehead atoms. The van der Waals surface area contributed by atoms with E-state index < -0.39 is 11.0 Å². The number of rotatable bonds is 3. The number of halogens is 1. The van der Waals surface area contributed by atoms with Crippen LogP contribution in [0.25, 0.3) is 0 Å². The Morgan fingerprint density at radius 1 is 1.55 bits per heavy atom. The number of anilines is 1. The van der Waals surface area contributed by atoms with E-state index in [1.54, 1.807) is 13.0 Å². The van der Waals surface area contributed by atoms with Crippen LogP contribution >= 0.6 is 12.4 Å². The summed E-state index contributed by atoms with van der Waals surface area (Å²) in [7, 11) is 0. The van der Waals surface area contributed by atoms with Crippen LogP contribution < -0.4 is 10.6 Å². The van der Waals surface area contributed by atoms with Crippen LogP contribution in [-0.2, 0) is 9.53 Å². The SMILES string of the molecule is Cc1ccc([N+](=O)[O-])cc1NC(=O)C1CNCCO1.Cl. The highest BCUT2D eigenvalue weighted by Gasteiger charge is 2.22. The quantitative estimate of drug-likeness (QED) is 0.647. The fourth-order valence-electron chi connectivity index (χ4n) is 1.81. The Morgan fingerprint density at radius 3 is 2.90 bits per heavy atom. The topological polar surface area (TPSA) is 93.5 Å². The van der Waals surface area contributed by atoms with Crippen LogP contribution in [0.3, 0.4) is 0 Å². The summed E-state index contributed by atoms with van der Waals surface area (Å²) in [6, 6.07) is 4.36. The highest BCUT2D eigenvalue weighted by Crippen LogP contribution is 2.22. The van der Waals surface area contributed by atoms with Crippen molar-refractivity contribution in [3.63, 3.8) is 0 Å². The van der Waals surface area contributed by atoms with Gasteiger partial charge in [-0.3, -0.25) is 14.9 Å². The van der Waals surface area contributed by atoms with Gasteiger partial charge in [0, 0.05) is 25.2 Å². The Bertz CT molecular complexity index is 503. The maximum Gasteiger partial charge on any atom is 0.271 e. The number of aryl methyl sites for hydroxylation is 1. The second-order valence-electron chi connectivity index (χ2n) is 4.31. The molecule has 0 saturated carbocycles. The Hall–Kier alpha value is -1.70. The van der Waals surface area contributed by atoms with E-state index in [1.807, 2.05) is 0 Å². The number of carbonyl (C=O) groups is 1. The molecule has 0 aromatic heterocycles. The Morgan fingerprint density at radius 2 is 2.30 bits per heavy atom. The normalized spacial score (nSPS) is 17.9. The van der Waals surface area contributed by atoms with E-state index >= 15 is 0 Å². The number of morpholine rings is 1. The first-order chi connectivity index (χ1) is 9.08. The molecule has 2 rings (SSSR count).